The van der Waals surface area contributed by atoms with Gasteiger partial charge in [0.1, 0.15) is 12.4 Å². The molecule has 23 heavy (non-hydrogen) atoms. The first-order valence-corrected chi connectivity index (χ1v) is 8.51. The number of aromatic nitrogens is 2. The lowest BCUT2D eigenvalue weighted by Gasteiger charge is -2.09. The summed E-state index contributed by atoms with van der Waals surface area (Å²) in [5, 5.41) is -0.369. The van der Waals surface area contributed by atoms with Crippen molar-refractivity contribution < 1.29 is 17.7 Å². The molecule has 0 radical (unpaired) electrons. The molecule has 0 aliphatic carbocycles. The van der Waals surface area contributed by atoms with Crippen LogP contribution in [0.3, 0.4) is 0 Å². The maximum Gasteiger partial charge on any atom is 0.328 e. The van der Waals surface area contributed by atoms with Crippen molar-refractivity contribution in [3.63, 3.8) is 0 Å². The minimum Gasteiger partial charge on any atom is -0.492 e. The predicted molar refractivity (Wildman–Crippen MR) is 86.2 cm³/mol. The van der Waals surface area contributed by atoms with Gasteiger partial charge in [-0.25, -0.2) is 4.98 Å². The highest BCUT2D eigenvalue weighted by atomic mass is 32.2. The van der Waals surface area contributed by atoms with Gasteiger partial charge in [0.2, 0.25) is 0 Å². The standard InChI is InChI=1S/C16H16N2O4S/c1-12-6-8-13(9-7-12)22-11-10-18-15-5-3-2-4-14(15)17-16(18)23(19,20)21/h2-9H,10-11H2,1H3,(H,19,20,21). The summed E-state index contributed by atoms with van der Waals surface area (Å²) in [6, 6.07) is 14.6. The summed E-state index contributed by atoms with van der Waals surface area (Å²) in [6.45, 7) is 2.50. The predicted octanol–water partition coefficient (Wildman–Crippen LogP) is 2.67. The average molecular weight is 332 g/mol. The second kappa shape index (κ2) is 6.02. The fourth-order valence-electron chi connectivity index (χ4n) is 2.36. The number of benzene rings is 2. The first kappa shape index (κ1) is 15.5. The highest BCUT2D eigenvalue weighted by molar-refractivity contribution is 7.85. The SMILES string of the molecule is Cc1ccc(OCCn2c(S(=O)(=O)O)nc3ccccc32)cc1. The quantitative estimate of drug-likeness (QED) is 0.727. The van der Waals surface area contributed by atoms with Crippen molar-refractivity contribution in [2.75, 3.05) is 6.61 Å². The molecule has 0 aliphatic rings. The Morgan fingerprint density at radius 2 is 1.83 bits per heavy atom. The molecule has 0 saturated heterocycles. The molecule has 0 spiro atoms. The highest BCUT2D eigenvalue weighted by Crippen LogP contribution is 2.19. The summed E-state index contributed by atoms with van der Waals surface area (Å²) in [4.78, 5) is 3.99. The lowest BCUT2D eigenvalue weighted by molar-refractivity contribution is 0.294. The van der Waals surface area contributed by atoms with Crippen LogP contribution in [-0.2, 0) is 16.7 Å². The maximum atomic E-state index is 11.5. The number of para-hydroxylation sites is 2. The van der Waals surface area contributed by atoms with Gasteiger partial charge in [0.05, 0.1) is 17.6 Å². The molecule has 0 atom stereocenters. The van der Waals surface area contributed by atoms with Gasteiger partial charge in [0, 0.05) is 0 Å². The first-order chi connectivity index (χ1) is 10.9. The van der Waals surface area contributed by atoms with E-state index in [9.17, 15) is 13.0 Å². The molecule has 0 fully saturated rings. The van der Waals surface area contributed by atoms with E-state index in [0.717, 1.165) is 5.56 Å². The number of nitrogens with zero attached hydrogens (tertiary/aromatic N) is 2. The van der Waals surface area contributed by atoms with Gasteiger partial charge in [-0.1, -0.05) is 29.8 Å². The average Bonchev–Trinajstić information content (AvgIpc) is 2.89. The van der Waals surface area contributed by atoms with Crippen LogP contribution in [0, 0.1) is 6.92 Å². The molecule has 7 heteroatoms. The van der Waals surface area contributed by atoms with Gasteiger partial charge in [-0.05, 0) is 31.2 Å². The molecule has 1 aromatic heterocycles. The molecule has 3 aromatic rings. The smallest absolute Gasteiger partial charge is 0.328 e. The Morgan fingerprint density at radius 3 is 2.52 bits per heavy atom. The topological polar surface area (TPSA) is 81.4 Å². The number of ether oxygens (including phenoxy) is 1. The number of hydrogen-bond acceptors (Lipinski definition) is 4. The Kier molecular flexibility index (Phi) is 4.06. The summed E-state index contributed by atoms with van der Waals surface area (Å²) in [5.41, 5.74) is 2.27. The van der Waals surface area contributed by atoms with Crippen LogP contribution >= 0.6 is 0 Å². The Morgan fingerprint density at radius 1 is 1.13 bits per heavy atom. The number of rotatable bonds is 5. The number of fused-ring (bicyclic) bond motifs is 1. The third-order valence-electron chi connectivity index (χ3n) is 3.45. The fraction of sp³-hybridized carbons (Fsp3) is 0.188. The molecular formula is C16H16N2O4S. The molecule has 0 unspecified atom stereocenters. The van der Waals surface area contributed by atoms with Gasteiger partial charge in [-0.15, -0.1) is 0 Å². The number of hydrogen-bond donors (Lipinski definition) is 1. The lowest BCUT2D eigenvalue weighted by atomic mass is 10.2. The van der Waals surface area contributed by atoms with E-state index < -0.39 is 10.1 Å². The Labute approximate surface area is 134 Å². The van der Waals surface area contributed by atoms with Crippen LogP contribution in [0.5, 0.6) is 5.75 Å². The second-order valence-electron chi connectivity index (χ2n) is 5.17. The molecule has 120 valence electrons. The molecule has 0 aliphatic heterocycles. The van der Waals surface area contributed by atoms with E-state index in [1.54, 1.807) is 24.3 Å². The lowest BCUT2D eigenvalue weighted by Crippen LogP contribution is -2.14. The third-order valence-corrected chi connectivity index (χ3v) is 4.23. The molecule has 0 saturated carbocycles. The van der Waals surface area contributed by atoms with Gasteiger partial charge in [-0.3, -0.25) is 4.55 Å². The zero-order valence-corrected chi connectivity index (χ0v) is 13.3. The minimum atomic E-state index is -4.40. The molecule has 1 heterocycles. The summed E-state index contributed by atoms with van der Waals surface area (Å²) in [6.07, 6.45) is 0. The Balaban J connectivity index is 1.85. The van der Waals surface area contributed by atoms with Crippen molar-refractivity contribution in [2.45, 2.75) is 18.6 Å². The largest absolute Gasteiger partial charge is 0.492 e. The van der Waals surface area contributed by atoms with E-state index in [2.05, 4.69) is 4.98 Å². The summed E-state index contributed by atoms with van der Waals surface area (Å²) in [7, 11) is -4.40. The van der Waals surface area contributed by atoms with E-state index in [0.29, 0.717) is 16.8 Å². The van der Waals surface area contributed by atoms with E-state index in [1.807, 2.05) is 31.2 Å². The van der Waals surface area contributed by atoms with Gasteiger partial charge in [-0.2, -0.15) is 8.42 Å². The van der Waals surface area contributed by atoms with Crippen molar-refractivity contribution >= 4 is 21.2 Å². The molecule has 0 bridgehead atoms. The molecule has 2 aromatic carbocycles. The van der Waals surface area contributed by atoms with E-state index in [1.165, 1.54) is 4.57 Å². The van der Waals surface area contributed by atoms with Crippen LogP contribution in [0.25, 0.3) is 11.0 Å². The van der Waals surface area contributed by atoms with E-state index >= 15 is 0 Å². The van der Waals surface area contributed by atoms with Crippen LogP contribution < -0.4 is 4.74 Å². The van der Waals surface area contributed by atoms with E-state index in [4.69, 9.17) is 4.74 Å². The van der Waals surface area contributed by atoms with Gasteiger partial charge in [0.15, 0.2) is 0 Å². The van der Waals surface area contributed by atoms with Gasteiger partial charge >= 0.3 is 10.1 Å². The zero-order chi connectivity index (χ0) is 16.4. The molecule has 3 rings (SSSR count). The number of imidazole rings is 1. The van der Waals surface area contributed by atoms with Gasteiger partial charge in [0.25, 0.3) is 5.16 Å². The number of aryl methyl sites for hydroxylation is 1. The monoisotopic (exact) mass is 332 g/mol. The molecule has 6 nitrogen and oxygen atoms in total. The fourth-order valence-corrected chi connectivity index (χ4v) is 3.04. The first-order valence-electron chi connectivity index (χ1n) is 7.07. The van der Waals surface area contributed by atoms with Crippen LogP contribution in [0.1, 0.15) is 5.56 Å². The minimum absolute atomic E-state index is 0.253. The molecule has 1 N–H and O–H groups in total. The van der Waals surface area contributed by atoms with Crippen molar-refractivity contribution in [3.8, 4) is 5.75 Å². The van der Waals surface area contributed by atoms with Gasteiger partial charge < -0.3 is 9.30 Å². The Bertz CT molecular complexity index is 930. The zero-order valence-electron chi connectivity index (χ0n) is 12.5. The summed E-state index contributed by atoms with van der Waals surface area (Å²) < 4.78 is 39.5. The normalized spacial score (nSPS) is 11.7. The summed E-state index contributed by atoms with van der Waals surface area (Å²) >= 11 is 0. The maximum absolute atomic E-state index is 11.5. The highest BCUT2D eigenvalue weighted by Gasteiger charge is 2.21. The van der Waals surface area contributed by atoms with Crippen LogP contribution in [0.15, 0.2) is 53.7 Å². The summed E-state index contributed by atoms with van der Waals surface area (Å²) in [5.74, 6) is 0.702. The molecule has 0 amide bonds. The van der Waals surface area contributed by atoms with Crippen molar-refractivity contribution in [1.29, 1.82) is 0 Å². The van der Waals surface area contributed by atoms with Crippen molar-refractivity contribution in [2.24, 2.45) is 0 Å². The second-order valence-corrected chi connectivity index (χ2v) is 6.49. The van der Waals surface area contributed by atoms with E-state index in [-0.39, 0.29) is 18.3 Å². The van der Waals surface area contributed by atoms with Crippen molar-refractivity contribution in [3.05, 3.63) is 54.1 Å². The third kappa shape index (κ3) is 3.35. The van der Waals surface area contributed by atoms with Crippen molar-refractivity contribution in [1.82, 2.24) is 9.55 Å². The van der Waals surface area contributed by atoms with Crippen LogP contribution in [-0.4, -0.2) is 29.1 Å². The van der Waals surface area contributed by atoms with Crippen LogP contribution in [0.4, 0.5) is 0 Å². The Hall–Kier alpha value is -2.38. The molecular weight excluding hydrogens is 316 g/mol. The van der Waals surface area contributed by atoms with Crippen LogP contribution in [0.2, 0.25) is 0 Å².